The van der Waals surface area contributed by atoms with Crippen LogP contribution in [0.15, 0.2) is 24.3 Å². The van der Waals surface area contributed by atoms with E-state index in [9.17, 15) is 13.2 Å². The van der Waals surface area contributed by atoms with Gasteiger partial charge in [-0.3, -0.25) is 4.90 Å². The topological polar surface area (TPSA) is 51.6 Å². The molecular formula is C21H27F3N4O2. The highest BCUT2D eigenvalue weighted by atomic mass is 19.4. The van der Waals surface area contributed by atoms with Gasteiger partial charge in [0.25, 0.3) is 0 Å². The Labute approximate surface area is 173 Å². The molecule has 9 heteroatoms. The van der Waals surface area contributed by atoms with E-state index in [1.165, 1.54) is 0 Å². The zero-order valence-corrected chi connectivity index (χ0v) is 17.4. The number of halogens is 3. The van der Waals surface area contributed by atoms with Crippen LogP contribution in [0, 0.1) is 0 Å². The Morgan fingerprint density at radius 3 is 2.70 bits per heavy atom. The highest BCUT2D eigenvalue weighted by Crippen LogP contribution is 2.42. The third kappa shape index (κ3) is 3.95. The molecule has 164 valence electrons. The van der Waals surface area contributed by atoms with E-state index in [4.69, 9.17) is 9.47 Å². The maximum atomic E-state index is 13.6. The summed E-state index contributed by atoms with van der Waals surface area (Å²) in [5.74, 6) is 1.94. The minimum Gasteiger partial charge on any atom is -0.497 e. The van der Waals surface area contributed by atoms with Crippen LogP contribution in [-0.4, -0.2) is 47.7 Å². The van der Waals surface area contributed by atoms with Gasteiger partial charge in [-0.15, -0.1) is 0 Å². The average Bonchev–Trinajstić information content (AvgIpc) is 3.32. The van der Waals surface area contributed by atoms with E-state index in [0.29, 0.717) is 18.1 Å². The Bertz CT molecular complexity index is 899. The minimum atomic E-state index is -4.32. The van der Waals surface area contributed by atoms with Gasteiger partial charge >= 0.3 is 6.18 Å². The normalized spacial score (nSPS) is 24.4. The Morgan fingerprint density at radius 2 is 2.00 bits per heavy atom. The predicted octanol–water partition coefficient (Wildman–Crippen LogP) is 4.54. The molecule has 1 N–H and O–H groups in total. The van der Waals surface area contributed by atoms with Crippen molar-refractivity contribution in [3.05, 3.63) is 35.5 Å². The Balaban J connectivity index is 1.61. The summed E-state index contributed by atoms with van der Waals surface area (Å²) in [5, 5.41) is 7.57. The number of alkyl halides is 3. The maximum absolute atomic E-state index is 13.6. The monoisotopic (exact) mass is 424 g/mol. The molecule has 0 spiro atoms. The van der Waals surface area contributed by atoms with Crippen molar-refractivity contribution in [3.8, 4) is 11.5 Å². The lowest BCUT2D eigenvalue weighted by atomic mass is 10.1. The number of ether oxygens (including phenoxy) is 2. The molecular weight excluding hydrogens is 397 g/mol. The standard InChI is InChI=1S/C21H27F3N4O2/c1-13-9-19(21(22,23)24)28-20(25-13)11-16(26-28)17-5-4-8-27(17)12-14-10-15(29-2)6-7-18(14)30-3/h6-7,10-11,13,17,19,25H,4-5,8-9,12H2,1-3H3/t13-,17?,19-/m1/s1. The van der Waals surface area contributed by atoms with E-state index in [2.05, 4.69) is 15.3 Å². The van der Waals surface area contributed by atoms with Crippen LogP contribution in [0.1, 0.15) is 49.5 Å². The molecule has 2 aliphatic heterocycles. The smallest absolute Gasteiger partial charge is 0.410 e. The second-order valence-electron chi connectivity index (χ2n) is 8.04. The van der Waals surface area contributed by atoms with Crippen LogP contribution >= 0.6 is 0 Å². The Hall–Kier alpha value is -2.42. The lowest BCUT2D eigenvalue weighted by Crippen LogP contribution is -2.37. The highest BCUT2D eigenvalue weighted by Gasteiger charge is 2.46. The van der Waals surface area contributed by atoms with Gasteiger partial charge in [-0.1, -0.05) is 0 Å². The Morgan fingerprint density at radius 1 is 1.20 bits per heavy atom. The van der Waals surface area contributed by atoms with Crippen LogP contribution in [0.2, 0.25) is 0 Å². The van der Waals surface area contributed by atoms with Gasteiger partial charge < -0.3 is 14.8 Å². The van der Waals surface area contributed by atoms with Crippen LogP contribution in [0.3, 0.4) is 0 Å². The number of anilines is 1. The van der Waals surface area contributed by atoms with Crippen molar-refractivity contribution in [2.24, 2.45) is 0 Å². The van der Waals surface area contributed by atoms with Gasteiger partial charge in [0, 0.05) is 24.2 Å². The van der Waals surface area contributed by atoms with Gasteiger partial charge in [0.2, 0.25) is 0 Å². The Kier molecular flexibility index (Phi) is 5.57. The van der Waals surface area contributed by atoms with Crippen LogP contribution in [0.4, 0.5) is 19.0 Å². The van der Waals surface area contributed by atoms with E-state index in [0.717, 1.165) is 41.1 Å². The van der Waals surface area contributed by atoms with Crippen molar-refractivity contribution in [2.45, 2.75) is 57.0 Å². The van der Waals surface area contributed by atoms with Crippen molar-refractivity contribution < 1.29 is 22.6 Å². The van der Waals surface area contributed by atoms with E-state index in [1.54, 1.807) is 27.2 Å². The molecule has 3 atom stereocenters. The van der Waals surface area contributed by atoms with Gasteiger partial charge in [0.15, 0.2) is 6.04 Å². The largest absolute Gasteiger partial charge is 0.497 e. The summed E-state index contributed by atoms with van der Waals surface area (Å²) in [4.78, 5) is 2.25. The third-order valence-electron chi connectivity index (χ3n) is 5.96. The number of likely N-dealkylation sites (tertiary alicyclic amines) is 1. The molecule has 1 saturated heterocycles. The zero-order valence-electron chi connectivity index (χ0n) is 17.4. The molecule has 2 aromatic rings. The fourth-order valence-corrected chi connectivity index (χ4v) is 4.51. The number of nitrogens with one attached hydrogen (secondary N) is 1. The summed E-state index contributed by atoms with van der Waals surface area (Å²) >= 11 is 0. The summed E-state index contributed by atoms with van der Waals surface area (Å²) < 4.78 is 52.7. The first-order chi connectivity index (χ1) is 14.3. The molecule has 4 rings (SSSR count). The van der Waals surface area contributed by atoms with Gasteiger partial charge in [-0.05, 0) is 50.9 Å². The molecule has 1 unspecified atom stereocenters. The first-order valence-corrected chi connectivity index (χ1v) is 10.2. The SMILES string of the molecule is COc1ccc(OC)c(CN2CCCC2c2cc3n(n2)[C@@H](C(F)(F)F)C[C@@H](C)N3)c1. The number of rotatable bonds is 5. The molecule has 1 aromatic heterocycles. The first kappa shape index (κ1) is 20.8. The molecule has 0 bridgehead atoms. The fourth-order valence-electron chi connectivity index (χ4n) is 4.51. The fraction of sp³-hybridized carbons (Fsp3) is 0.571. The quantitative estimate of drug-likeness (QED) is 0.764. The summed E-state index contributed by atoms with van der Waals surface area (Å²) in [5.41, 5.74) is 1.66. The van der Waals surface area contributed by atoms with Crippen molar-refractivity contribution in [2.75, 3.05) is 26.1 Å². The molecule has 0 amide bonds. The summed E-state index contributed by atoms with van der Waals surface area (Å²) in [7, 11) is 3.24. The molecule has 0 saturated carbocycles. The number of nitrogens with zero attached hydrogens (tertiary/aromatic N) is 3. The van der Waals surface area contributed by atoms with Gasteiger partial charge in [0.1, 0.15) is 17.3 Å². The zero-order chi connectivity index (χ0) is 21.5. The molecule has 0 radical (unpaired) electrons. The van der Waals surface area contributed by atoms with Crippen LogP contribution in [0.25, 0.3) is 0 Å². The first-order valence-electron chi connectivity index (χ1n) is 10.2. The van der Waals surface area contributed by atoms with Crippen molar-refractivity contribution in [1.29, 1.82) is 0 Å². The summed E-state index contributed by atoms with van der Waals surface area (Å²) in [6.45, 7) is 3.23. The number of benzene rings is 1. The molecule has 2 aliphatic rings. The van der Waals surface area contributed by atoms with E-state index in [-0.39, 0.29) is 18.5 Å². The highest BCUT2D eigenvalue weighted by molar-refractivity contribution is 5.43. The number of hydrogen-bond donors (Lipinski definition) is 1. The number of aromatic nitrogens is 2. The van der Waals surface area contributed by atoms with E-state index in [1.807, 2.05) is 18.2 Å². The third-order valence-corrected chi connectivity index (χ3v) is 5.96. The molecule has 1 fully saturated rings. The van der Waals surface area contributed by atoms with Crippen molar-refractivity contribution >= 4 is 5.82 Å². The maximum Gasteiger partial charge on any atom is 0.410 e. The van der Waals surface area contributed by atoms with Crippen LogP contribution < -0.4 is 14.8 Å². The minimum absolute atomic E-state index is 0.0208. The summed E-state index contributed by atoms with van der Waals surface area (Å²) in [6.07, 6.45) is -2.52. The number of hydrogen-bond acceptors (Lipinski definition) is 5. The lowest BCUT2D eigenvalue weighted by Gasteiger charge is -2.31. The number of methoxy groups -OCH3 is 2. The lowest BCUT2D eigenvalue weighted by molar-refractivity contribution is -0.173. The van der Waals surface area contributed by atoms with Gasteiger partial charge in [0.05, 0.1) is 26.0 Å². The second-order valence-corrected chi connectivity index (χ2v) is 8.04. The van der Waals surface area contributed by atoms with E-state index >= 15 is 0 Å². The predicted molar refractivity (Wildman–Crippen MR) is 107 cm³/mol. The van der Waals surface area contributed by atoms with Gasteiger partial charge in [-0.2, -0.15) is 18.3 Å². The summed E-state index contributed by atoms with van der Waals surface area (Å²) in [6, 6.07) is 5.55. The number of fused-ring (bicyclic) bond motifs is 1. The van der Waals surface area contributed by atoms with Crippen LogP contribution in [-0.2, 0) is 6.54 Å². The van der Waals surface area contributed by atoms with Gasteiger partial charge in [-0.25, -0.2) is 4.68 Å². The molecule has 6 nitrogen and oxygen atoms in total. The molecule has 0 aliphatic carbocycles. The van der Waals surface area contributed by atoms with Crippen molar-refractivity contribution in [3.63, 3.8) is 0 Å². The molecule has 3 heterocycles. The molecule has 1 aromatic carbocycles. The molecule has 30 heavy (non-hydrogen) atoms. The second kappa shape index (κ2) is 8.02. The van der Waals surface area contributed by atoms with Crippen LogP contribution in [0.5, 0.6) is 11.5 Å². The average molecular weight is 424 g/mol. The van der Waals surface area contributed by atoms with E-state index < -0.39 is 12.2 Å². The van der Waals surface area contributed by atoms with Crippen molar-refractivity contribution in [1.82, 2.24) is 14.7 Å².